The van der Waals surface area contributed by atoms with E-state index in [1.165, 1.54) is 12.1 Å². The fourth-order valence-corrected chi connectivity index (χ4v) is 1.88. The van der Waals surface area contributed by atoms with E-state index in [-0.39, 0.29) is 11.3 Å². The van der Waals surface area contributed by atoms with Crippen LogP contribution in [-0.2, 0) is 0 Å². The number of carbonyl (C=O) groups is 1. The summed E-state index contributed by atoms with van der Waals surface area (Å²) in [5.41, 5.74) is 1.82. The molecular weight excluding hydrogens is 247 g/mol. The highest BCUT2D eigenvalue weighted by Crippen LogP contribution is 2.27. The van der Waals surface area contributed by atoms with E-state index in [0.29, 0.717) is 5.75 Å². The second kappa shape index (κ2) is 5.10. The first-order valence-electron chi connectivity index (χ1n) is 5.75. The molecule has 0 unspecified atom stereocenters. The Balaban J connectivity index is 2.40. The van der Waals surface area contributed by atoms with E-state index < -0.39 is 11.8 Å². The summed E-state index contributed by atoms with van der Waals surface area (Å²) in [6, 6.07) is 9.00. The van der Waals surface area contributed by atoms with E-state index in [4.69, 9.17) is 9.84 Å². The monoisotopic (exact) mass is 260 g/mol. The van der Waals surface area contributed by atoms with Gasteiger partial charge < -0.3 is 9.84 Å². The lowest BCUT2D eigenvalue weighted by Gasteiger charge is -2.10. The maximum Gasteiger partial charge on any atom is 0.339 e. The van der Waals surface area contributed by atoms with Crippen molar-refractivity contribution in [3.05, 3.63) is 58.9 Å². The maximum atomic E-state index is 13.1. The zero-order valence-corrected chi connectivity index (χ0v) is 10.6. The van der Waals surface area contributed by atoms with Crippen LogP contribution in [-0.4, -0.2) is 11.1 Å². The van der Waals surface area contributed by atoms with E-state index in [1.54, 1.807) is 12.1 Å². The molecule has 0 atom stereocenters. The zero-order chi connectivity index (χ0) is 14.0. The van der Waals surface area contributed by atoms with Gasteiger partial charge in [0.05, 0.1) is 0 Å². The minimum absolute atomic E-state index is 0.124. The molecule has 0 saturated carbocycles. The van der Waals surface area contributed by atoms with Gasteiger partial charge in [-0.1, -0.05) is 6.07 Å². The van der Waals surface area contributed by atoms with Gasteiger partial charge in [0, 0.05) is 0 Å². The van der Waals surface area contributed by atoms with Gasteiger partial charge in [0.1, 0.15) is 22.9 Å². The smallest absolute Gasteiger partial charge is 0.339 e. The van der Waals surface area contributed by atoms with Crippen LogP contribution in [0.4, 0.5) is 4.39 Å². The lowest BCUT2D eigenvalue weighted by atomic mass is 10.1. The molecule has 19 heavy (non-hydrogen) atoms. The summed E-state index contributed by atoms with van der Waals surface area (Å²) >= 11 is 0. The van der Waals surface area contributed by atoms with Gasteiger partial charge in [-0.2, -0.15) is 0 Å². The van der Waals surface area contributed by atoms with Crippen LogP contribution in [0.2, 0.25) is 0 Å². The third kappa shape index (κ3) is 3.10. The van der Waals surface area contributed by atoms with Gasteiger partial charge in [0.15, 0.2) is 0 Å². The summed E-state index contributed by atoms with van der Waals surface area (Å²) in [4.78, 5) is 11.1. The van der Waals surface area contributed by atoms with Gasteiger partial charge in [-0.25, -0.2) is 9.18 Å². The van der Waals surface area contributed by atoms with Gasteiger partial charge in [0.2, 0.25) is 0 Å². The highest BCUT2D eigenvalue weighted by Gasteiger charge is 2.13. The topological polar surface area (TPSA) is 46.5 Å². The number of halogens is 1. The van der Waals surface area contributed by atoms with Crippen LogP contribution < -0.4 is 4.74 Å². The van der Waals surface area contributed by atoms with Crippen molar-refractivity contribution in [3.63, 3.8) is 0 Å². The number of carboxylic acid groups (broad SMARTS) is 1. The normalized spacial score (nSPS) is 10.3. The lowest BCUT2D eigenvalue weighted by Crippen LogP contribution is -2.01. The van der Waals surface area contributed by atoms with Crippen molar-refractivity contribution < 1.29 is 19.0 Å². The highest BCUT2D eigenvalue weighted by atomic mass is 19.1. The Morgan fingerprint density at radius 3 is 2.32 bits per heavy atom. The summed E-state index contributed by atoms with van der Waals surface area (Å²) in [5, 5.41) is 9.03. The van der Waals surface area contributed by atoms with Crippen molar-refractivity contribution >= 4 is 5.97 Å². The number of hydrogen-bond acceptors (Lipinski definition) is 2. The Morgan fingerprint density at radius 1 is 1.11 bits per heavy atom. The van der Waals surface area contributed by atoms with Gasteiger partial charge in [-0.05, 0) is 55.3 Å². The molecule has 3 nitrogen and oxygen atoms in total. The minimum atomic E-state index is -1.22. The molecule has 0 heterocycles. The molecular formula is C15H13FO3. The minimum Gasteiger partial charge on any atom is -0.478 e. The maximum absolute atomic E-state index is 13.1. The highest BCUT2D eigenvalue weighted by molar-refractivity contribution is 5.91. The second-order valence-electron chi connectivity index (χ2n) is 4.37. The average Bonchev–Trinajstić information content (AvgIpc) is 2.30. The summed E-state index contributed by atoms with van der Waals surface area (Å²) in [6.45, 7) is 3.84. The predicted octanol–water partition coefficient (Wildman–Crippen LogP) is 3.93. The molecule has 2 aromatic carbocycles. The molecule has 4 heteroatoms. The molecule has 2 aromatic rings. The van der Waals surface area contributed by atoms with Crippen molar-refractivity contribution in [2.24, 2.45) is 0 Å². The third-order valence-corrected chi connectivity index (χ3v) is 2.60. The Morgan fingerprint density at radius 2 is 1.74 bits per heavy atom. The van der Waals surface area contributed by atoms with Crippen molar-refractivity contribution in [3.8, 4) is 11.5 Å². The van der Waals surface area contributed by atoms with Crippen LogP contribution in [0.3, 0.4) is 0 Å². The van der Waals surface area contributed by atoms with Crippen LogP contribution in [0.1, 0.15) is 21.5 Å². The van der Waals surface area contributed by atoms with Crippen LogP contribution in [0, 0.1) is 19.7 Å². The standard InChI is InChI=1S/C15H13FO3/c1-9-5-10(2)7-12(6-9)19-14-4-3-11(16)8-13(14)15(17)18/h3-8H,1-2H3,(H,17,18). The quantitative estimate of drug-likeness (QED) is 0.909. The predicted molar refractivity (Wildman–Crippen MR) is 69.3 cm³/mol. The number of aryl methyl sites for hydroxylation is 2. The first-order valence-corrected chi connectivity index (χ1v) is 5.75. The Kier molecular flexibility index (Phi) is 3.51. The molecule has 0 spiro atoms. The fraction of sp³-hybridized carbons (Fsp3) is 0.133. The molecule has 0 aliphatic rings. The number of hydrogen-bond donors (Lipinski definition) is 1. The molecule has 0 fully saturated rings. The largest absolute Gasteiger partial charge is 0.478 e. The zero-order valence-electron chi connectivity index (χ0n) is 10.6. The summed E-state index contributed by atoms with van der Waals surface area (Å²) in [6.07, 6.45) is 0. The summed E-state index contributed by atoms with van der Waals surface area (Å²) in [7, 11) is 0. The SMILES string of the molecule is Cc1cc(C)cc(Oc2ccc(F)cc2C(=O)O)c1. The van der Waals surface area contributed by atoms with E-state index in [9.17, 15) is 9.18 Å². The van der Waals surface area contributed by atoms with Crippen LogP contribution in [0.5, 0.6) is 11.5 Å². The first-order chi connectivity index (χ1) is 8.95. The average molecular weight is 260 g/mol. The Hall–Kier alpha value is -2.36. The van der Waals surface area contributed by atoms with E-state index in [2.05, 4.69) is 0 Å². The molecule has 0 aliphatic carbocycles. The number of aromatic carboxylic acids is 1. The van der Waals surface area contributed by atoms with Gasteiger partial charge in [0.25, 0.3) is 0 Å². The number of ether oxygens (including phenoxy) is 1. The van der Waals surface area contributed by atoms with Crippen LogP contribution >= 0.6 is 0 Å². The second-order valence-corrected chi connectivity index (χ2v) is 4.37. The van der Waals surface area contributed by atoms with Gasteiger partial charge in [-0.3, -0.25) is 0 Å². The van der Waals surface area contributed by atoms with Crippen molar-refractivity contribution in [1.82, 2.24) is 0 Å². The molecule has 0 radical (unpaired) electrons. The van der Waals surface area contributed by atoms with Gasteiger partial charge >= 0.3 is 5.97 Å². The Bertz CT molecular complexity index is 615. The van der Waals surface area contributed by atoms with Crippen LogP contribution in [0.15, 0.2) is 36.4 Å². The van der Waals surface area contributed by atoms with Gasteiger partial charge in [-0.15, -0.1) is 0 Å². The molecule has 0 aliphatic heterocycles. The molecule has 98 valence electrons. The lowest BCUT2D eigenvalue weighted by molar-refractivity contribution is 0.0693. The third-order valence-electron chi connectivity index (χ3n) is 2.60. The number of benzene rings is 2. The molecule has 1 N–H and O–H groups in total. The molecule has 0 bridgehead atoms. The summed E-state index contributed by atoms with van der Waals surface area (Å²) in [5.74, 6) is -1.17. The van der Waals surface area contributed by atoms with E-state index in [0.717, 1.165) is 17.2 Å². The van der Waals surface area contributed by atoms with E-state index >= 15 is 0 Å². The van der Waals surface area contributed by atoms with Crippen molar-refractivity contribution in [2.45, 2.75) is 13.8 Å². The fourth-order valence-electron chi connectivity index (χ4n) is 1.88. The molecule has 0 amide bonds. The van der Waals surface area contributed by atoms with Crippen molar-refractivity contribution in [1.29, 1.82) is 0 Å². The summed E-state index contributed by atoms with van der Waals surface area (Å²) < 4.78 is 18.6. The molecule has 0 saturated heterocycles. The number of carboxylic acids is 1. The van der Waals surface area contributed by atoms with Crippen LogP contribution in [0.25, 0.3) is 0 Å². The molecule has 2 rings (SSSR count). The number of rotatable bonds is 3. The van der Waals surface area contributed by atoms with Crippen molar-refractivity contribution in [2.75, 3.05) is 0 Å². The first kappa shape index (κ1) is 13.1. The Labute approximate surface area is 110 Å². The van der Waals surface area contributed by atoms with E-state index in [1.807, 2.05) is 19.9 Å². The molecule has 0 aromatic heterocycles.